The summed E-state index contributed by atoms with van der Waals surface area (Å²) in [6, 6.07) is 14.2. The fourth-order valence-corrected chi connectivity index (χ4v) is 3.19. The molecule has 1 unspecified atom stereocenters. The third kappa shape index (κ3) is 3.99. The van der Waals surface area contributed by atoms with Crippen LogP contribution < -0.4 is 4.74 Å². The monoisotopic (exact) mass is 316 g/mol. The number of nitrogens with zero attached hydrogens (tertiary/aromatic N) is 2. The van der Waals surface area contributed by atoms with E-state index in [1.807, 2.05) is 24.3 Å². The lowest BCUT2D eigenvalue weighted by Gasteiger charge is -2.16. The van der Waals surface area contributed by atoms with Gasteiger partial charge in [-0.25, -0.2) is 4.98 Å². The summed E-state index contributed by atoms with van der Waals surface area (Å²) in [6.07, 6.45) is 2.37. The van der Waals surface area contributed by atoms with Crippen molar-refractivity contribution in [2.75, 3.05) is 20.2 Å². The Balaban J connectivity index is 1.54. The molecular formula is C18H21ClN2O. The van der Waals surface area contributed by atoms with E-state index in [0.717, 1.165) is 36.8 Å². The van der Waals surface area contributed by atoms with Gasteiger partial charge < -0.3 is 4.74 Å². The van der Waals surface area contributed by atoms with Crippen molar-refractivity contribution >= 4 is 11.6 Å². The molecule has 1 aliphatic heterocycles. The van der Waals surface area contributed by atoms with E-state index < -0.39 is 0 Å². The molecule has 1 aromatic carbocycles. The van der Waals surface area contributed by atoms with Gasteiger partial charge in [0.1, 0.15) is 0 Å². The minimum Gasteiger partial charge on any atom is -0.481 e. The summed E-state index contributed by atoms with van der Waals surface area (Å²) in [6.45, 7) is 3.16. The van der Waals surface area contributed by atoms with Crippen LogP contribution in [0.5, 0.6) is 5.88 Å². The molecule has 2 aromatic rings. The molecule has 1 aliphatic rings. The lowest BCUT2D eigenvalue weighted by molar-refractivity contribution is 0.309. The van der Waals surface area contributed by atoms with Gasteiger partial charge in [-0.1, -0.05) is 29.8 Å². The average molecular weight is 317 g/mol. The topological polar surface area (TPSA) is 25.4 Å². The van der Waals surface area contributed by atoms with Gasteiger partial charge in [0.05, 0.1) is 12.8 Å². The number of hydrogen-bond acceptors (Lipinski definition) is 3. The van der Waals surface area contributed by atoms with Crippen molar-refractivity contribution in [1.82, 2.24) is 9.88 Å². The van der Waals surface area contributed by atoms with E-state index >= 15 is 0 Å². The van der Waals surface area contributed by atoms with E-state index in [4.69, 9.17) is 16.3 Å². The molecule has 0 amide bonds. The Morgan fingerprint density at radius 2 is 2.05 bits per heavy atom. The molecule has 2 heterocycles. The minimum atomic E-state index is 0.689. The first-order valence-corrected chi connectivity index (χ1v) is 8.07. The third-order valence-electron chi connectivity index (χ3n) is 4.18. The van der Waals surface area contributed by atoms with Crippen molar-refractivity contribution in [2.45, 2.75) is 19.4 Å². The molecule has 0 radical (unpaired) electrons. The number of aromatic nitrogens is 1. The van der Waals surface area contributed by atoms with Crippen molar-refractivity contribution in [3.05, 3.63) is 58.7 Å². The minimum absolute atomic E-state index is 0.689. The van der Waals surface area contributed by atoms with Gasteiger partial charge in [-0.2, -0.15) is 0 Å². The van der Waals surface area contributed by atoms with Gasteiger partial charge in [-0.05, 0) is 49.1 Å². The van der Waals surface area contributed by atoms with Crippen LogP contribution in [0.4, 0.5) is 0 Å². The SMILES string of the molecule is COc1cccc(CN2CCC(Cc3ccc(Cl)cc3)C2)n1. The first-order valence-electron chi connectivity index (χ1n) is 7.69. The molecule has 4 heteroatoms. The third-order valence-corrected chi connectivity index (χ3v) is 4.44. The molecule has 0 saturated carbocycles. The van der Waals surface area contributed by atoms with Crippen LogP contribution in [0.15, 0.2) is 42.5 Å². The van der Waals surface area contributed by atoms with Crippen LogP contribution in [0, 0.1) is 5.92 Å². The summed E-state index contributed by atoms with van der Waals surface area (Å²) in [5, 5.41) is 0.806. The maximum atomic E-state index is 5.94. The van der Waals surface area contributed by atoms with Gasteiger partial charge in [0.15, 0.2) is 0 Å². The quantitative estimate of drug-likeness (QED) is 0.838. The summed E-state index contributed by atoms with van der Waals surface area (Å²) in [5.74, 6) is 1.40. The second kappa shape index (κ2) is 7.12. The summed E-state index contributed by atoms with van der Waals surface area (Å²) in [7, 11) is 1.66. The molecule has 1 saturated heterocycles. The number of halogens is 1. The number of benzene rings is 1. The Labute approximate surface area is 136 Å². The molecule has 0 spiro atoms. The van der Waals surface area contributed by atoms with E-state index in [1.54, 1.807) is 7.11 Å². The number of rotatable bonds is 5. The van der Waals surface area contributed by atoms with Gasteiger partial charge in [0.25, 0.3) is 0 Å². The van der Waals surface area contributed by atoms with Crippen LogP contribution in [-0.2, 0) is 13.0 Å². The first kappa shape index (κ1) is 15.3. The van der Waals surface area contributed by atoms with Crippen molar-refractivity contribution in [3.63, 3.8) is 0 Å². The molecule has 0 aliphatic carbocycles. The normalized spacial score (nSPS) is 18.5. The van der Waals surface area contributed by atoms with E-state index in [-0.39, 0.29) is 0 Å². The second-order valence-electron chi connectivity index (χ2n) is 5.89. The smallest absolute Gasteiger partial charge is 0.213 e. The number of hydrogen-bond donors (Lipinski definition) is 0. The number of methoxy groups -OCH3 is 1. The first-order chi connectivity index (χ1) is 10.7. The van der Waals surface area contributed by atoms with Crippen LogP contribution in [0.2, 0.25) is 5.02 Å². The highest BCUT2D eigenvalue weighted by atomic mass is 35.5. The number of likely N-dealkylation sites (tertiary alicyclic amines) is 1. The van der Waals surface area contributed by atoms with Gasteiger partial charge in [-0.15, -0.1) is 0 Å². The van der Waals surface area contributed by atoms with E-state index in [1.165, 1.54) is 12.0 Å². The number of pyridine rings is 1. The van der Waals surface area contributed by atoms with E-state index in [2.05, 4.69) is 28.1 Å². The fraction of sp³-hybridized carbons (Fsp3) is 0.389. The highest BCUT2D eigenvalue weighted by Gasteiger charge is 2.23. The summed E-state index contributed by atoms with van der Waals surface area (Å²) in [4.78, 5) is 6.97. The summed E-state index contributed by atoms with van der Waals surface area (Å²) < 4.78 is 5.19. The van der Waals surface area contributed by atoms with Crippen LogP contribution in [0.25, 0.3) is 0 Å². The van der Waals surface area contributed by atoms with Crippen molar-refractivity contribution in [1.29, 1.82) is 0 Å². The van der Waals surface area contributed by atoms with Crippen LogP contribution in [0.1, 0.15) is 17.7 Å². The van der Waals surface area contributed by atoms with Crippen molar-refractivity contribution in [2.24, 2.45) is 5.92 Å². The standard InChI is InChI=1S/C18H21ClN2O/c1-22-18-4-2-3-17(20-18)13-21-10-9-15(12-21)11-14-5-7-16(19)8-6-14/h2-8,15H,9-13H2,1H3. The Morgan fingerprint density at radius 1 is 1.23 bits per heavy atom. The van der Waals surface area contributed by atoms with Gasteiger partial charge in [0, 0.05) is 24.2 Å². The van der Waals surface area contributed by atoms with Crippen LogP contribution in [-0.4, -0.2) is 30.1 Å². The molecule has 3 rings (SSSR count). The fourth-order valence-electron chi connectivity index (χ4n) is 3.07. The molecule has 1 aromatic heterocycles. The average Bonchev–Trinajstić information content (AvgIpc) is 2.97. The largest absolute Gasteiger partial charge is 0.481 e. The molecule has 1 atom stereocenters. The Bertz CT molecular complexity index is 615. The zero-order chi connectivity index (χ0) is 15.4. The molecule has 0 N–H and O–H groups in total. The number of ether oxygens (including phenoxy) is 1. The Morgan fingerprint density at radius 3 is 2.82 bits per heavy atom. The molecule has 0 bridgehead atoms. The Hall–Kier alpha value is -1.58. The van der Waals surface area contributed by atoms with Gasteiger partial charge in [0.2, 0.25) is 5.88 Å². The van der Waals surface area contributed by atoms with Crippen LogP contribution >= 0.6 is 11.6 Å². The zero-order valence-electron chi connectivity index (χ0n) is 12.8. The second-order valence-corrected chi connectivity index (χ2v) is 6.33. The molecule has 116 valence electrons. The highest BCUT2D eigenvalue weighted by molar-refractivity contribution is 6.30. The van der Waals surface area contributed by atoms with Crippen molar-refractivity contribution in [3.8, 4) is 5.88 Å². The molecule has 22 heavy (non-hydrogen) atoms. The van der Waals surface area contributed by atoms with E-state index in [0.29, 0.717) is 11.8 Å². The predicted octanol–water partition coefficient (Wildman–Crippen LogP) is 3.81. The predicted molar refractivity (Wildman–Crippen MR) is 89.3 cm³/mol. The maximum absolute atomic E-state index is 5.94. The molecular weight excluding hydrogens is 296 g/mol. The molecule has 3 nitrogen and oxygen atoms in total. The molecule has 1 fully saturated rings. The highest BCUT2D eigenvalue weighted by Crippen LogP contribution is 2.23. The van der Waals surface area contributed by atoms with Crippen molar-refractivity contribution < 1.29 is 4.74 Å². The van der Waals surface area contributed by atoms with Gasteiger partial charge in [-0.3, -0.25) is 4.90 Å². The summed E-state index contributed by atoms with van der Waals surface area (Å²) in [5.41, 5.74) is 2.45. The lowest BCUT2D eigenvalue weighted by atomic mass is 9.99. The lowest BCUT2D eigenvalue weighted by Crippen LogP contribution is -2.21. The Kier molecular flexibility index (Phi) is 4.96. The zero-order valence-corrected chi connectivity index (χ0v) is 13.6. The maximum Gasteiger partial charge on any atom is 0.213 e. The van der Waals surface area contributed by atoms with Crippen LogP contribution in [0.3, 0.4) is 0 Å². The summed E-state index contributed by atoms with van der Waals surface area (Å²) >= 11 is 5.94. The van der Waals surface area contributed by atoms with Gasteiger partial charge >= 0.3 is 0 Å². The van der Waals surface area contributed by atoms with E-state index in [9.17, 15) is 0 Å².